The Hall–Kier alpha value is -2.66. The number of nitrogens with one attached hydrogen (secondary N) is 1. The number of primary amides is 1. The topological polar surface area (TPSA) is 75.4 Å². The summed E-state index contributed by atoms with van der Waals surface area (Å²) in [6.45, 7) is 7.15. The molecule has 0 aliphatic carbocycles. The molecule has 2 aromatic carbocycles. The molecular formula is C19H23N3O2. The number of hydrogen-bond acceptors (Lipinski definition) is 3. The summed E-state index contributed by atoms with van der Waals surface area (Å²) in [5, 5.41) is 2.81. The Kier molecular flexibility index (Phi) is 6.09. The zero-order chi connectivity index (χ0) is 17.5. The molecule has 2 amide bonds. The van der Waals surface area contributed by atoms with Gasteiger partial charge in [-0.2, -0.15) is 0 Å². The van der Waals surface area contributed by atoms with Crippen LogP contribution < -0.4 is 11.1 Å². The maximum atomic E-state index is 12.3. The molecule has 24 heavy (non-hydrogen) atoms. The van der Waals surface area contributed by atoms with E-state index in [9.17, 15) is 9.59 Å². The van der Waals surface area contributed by atoms with Crippen molar-refractivity contribution < 1.29 is 9.59 Å². The highest BCUT2D eigenvalue weighted by Crippen LogP contribution is 2.13. The fourth-order valence-electron chi connectivity index (χ4n) is 2.39. The first-order chi connectivity index (χ1) is 11.5. The van der Waals surface area contributed by atoms with Gasteiger partial charge in [-0.05, 0) is 55.1 Å². The van der Waals surface area contributed by atoms with E-state index in [1.807, 2.05) is 24.3 Å². The molecule has 2 rings (SSSR count). The van der Waals surface area contributed by atoms with Crippen molar-refractivity contribution in [2.45, 2.75) is 20.4 Å². The Balaban J connectivity index is 2.00. The van der Waals surface area contributed by atoms with Gasteiger partial charge < -0.3 is 11.1 Å². The van der Waals surface area contributed by atoms with E-state index in [0.717, 1.165) is 19.6 Å². The van der Waals surface area contributed by atoms with Crippen LogP contribution in [0.3, 0.4) is 0 Å². The van der Waals surface area contributed by atoms with E-state index in [-0.39, 0.29) is 5.91 Å². The van der Waals surface area contributed by atoms with Crippen molar-refractivity contribution in [3.05, 3.63) is 65.2 Å². The van der Waals surface area contributed by atoms with Crippen LogP contribution in [0.5, 0.6) is 0 Å². The number of rotatable bonds is 7. The largest absolute Gasteiger partial charge is 0.366 e. The lowest BCUT2D eigenvalue weighted by Gasteiger charge is -2.18. The Morgan fingerprint density at radius 1 is 0.917 bits per heavy atom. The lowest BCUT2D eigenvalue weighted by atomic mass is 10.1. The van der Waals surface area contributed by atoms with E-state index in [4.69, 9.17) is 5.73 Å². The maximum absolute atomic E-state index is 12.3. The first-order valence-electron chi connectivity index (χ1n) is 8.06. The SMILES string of the molecule is CCN(CC)Cc1ccc(C(=O)Nc2ccc(C(N)=O)cc2)cc1. The van der Waals surface area contributed by atoms with Gasteiger partial charge in [0.15, 0.2) is 0 Å². The zero-order valence-corrected chi connectivity index (χ0v) is 14.1. The number of benzene rings is 2. The van der Waals surface area contributed by atoms with Gasteiger partial charge in [-0.1, -0.05) is 26.0 Å². The van der Waals surface area contributed by atoms with Crippen LogP contribution >= 0.6 is 0 Å². The van der Waals surface area contributed by atoms with Gasteiger partial charge in [0.25, 0.3) is 5.91 Å². The Morgan fingerprint density at radius 2 is 1.46 bits per heavy atom. The van der Waals surface area contributed by atoms with Crippen LogP contribution in [0.1, 0.15) is 40.1 Å². The van der Waals surface area contributed by atoms with E-state index in [1.54, 1.807) is 24.3 Å². The quantitative estimate of drug-likeness (QED) is 0.822. The van der Waals surface area contributed by atoms with Crippen LogP contribution in [0.4, 0.5) is 5.69 Å². The van der Waals surface area contributed by atoms with Crippen LogP contribution in [0, 0.1) is 0 Å². The van der Waals surface area contributed by atoms with E-state index in [2.05, 4.69) is 24.1 Å². The molecule has 0 spiro atoms. The molecule has 2 aromatic rings. The second-order valence-corrected chi connectivity index (χ2v) is 5.55. The minimum absolute atomic E-state index is 0.184. The van der Waals surface area contributed by atoms with Gasteiger partial charge in [-0.3, -0.25) is 14.5 Å². The Bertz CT molecular complexity index is 690. The van der Waals surface area contributed by atoms with E-state index in [1.165, 1.54) is 5.56 Å². The van der Waals surface area contributed by atoms with Crippen LogP contribution in [0.2, 0.25) is 0 Å². The molecule has 0 heterocycles. The molecule has 3 N–H and O–H groups in total. The van der Waals surface area contributed by atoms with E-state index < -0.39 is 5.91 Å². The van der Waals surface area contributed by atoms with Gasteiger partial charge in [0.2, 0.25) is 5.91 Å². The molecule has 0 atom stereocenters. The third kappa shape index (κ3) is 4.67. The summed E-state index contributed by atoms with van der Waals surface area (Å²) in [7, 11) is 0. The number of carbonyl (C=O) groups excluding carboxylic acids is 2. The van der Waals surface area contributed by atoms with Gasteiger partial charge in [0.1, 0.15) is 0 Å². The highest BCUT2D eigenvalue weighted by molar-refractivity contribution is 6.04. The third-order valence-electron chi connectivity index (χ3n) is 3.94. The molecule has 5 nitrogen and oxygen atoms in total. The molecule has 5 heteroatoms. The molecule has 0 aromatic heterocycles. The number of amides is 2. The van der Waals surface area contributed by atoms with Crippen molar-refractivity contribution in [2.24, 2.45) is 5.73 Å². The molecular weight excluding hydrogens is 302 g/mol. The summed E-state index contributed by atoms with van der Waals surface area (Å²) in [6, 6.07) is 14.1. The van der Waals surface area contributed by atoms with Crippen molar-refractivity contribution in [1.82, 2.24) is 4.90 Å². The second kappa shape index (κ2) is 8.26. The molecule has 0 saturated carbocycles. The molecule has 0 fully saturated rings. The molecule has 0 unspecified atom stereocenters. The third-order valence-corrected chi connectivity index (χ3v) is 3.94. The highest BCUT2D eigenvalue weighted by atomic mass is 16.2. The monoisotopic (exact) mass is 325 g/mol. The lowest BCUT2D eigenvalue weighted by Crippen LogP contribution is -2.22. The summed E-state index contributed by atoms with van der Waals surface area (Å²) < 4.78 is 0. The second-order valence-electron chi connectivity index (χ2n) is 5.55. The van der Waals surface area contributed by atoms with Gasteiger partial charge in [0.05, 0.1) is 0 Å². The molecule has 0 saturated heterocycles. The normalized spacial score (nSPS) is 10.6. The lowest BCUT2D eigenvalue weighted by molar-refractivity contribution is 0.0998. The fraction of sp³-hybridized carbons (Fsp3) is 0.263. The summed E-state index contributed by atoms with van der Waals surface area (Å²) in [4.78, 5) is 25.6. The number of nitrogens with zero attached hydrogens (tertiary/aromatic N) is 1. The minimum atomic E-state index is -0.489. The Morgan fingerprint density at radius 3 is 1.96 bits per heavy atom. The van der Waals surface area contributed by atoms with Crippen LogP contribution in [0.25, 0.3) is 0 Å². The number of nitrogens with two attached hydrogens (primary N) is 1. The number of carbonyl (C=O) groups is 2. The maximum Gasteiger partial charge on any atom is 0.255 e. The number of anilines is 1. The minimum Gasteiger partial charge on any atom is -0.366 e. The average molecular weight is 325 g/mol. The molecule has 126 valence electrons. The molecule has 0 aliphatic heterocycles. The molecule has 0 radical (unpaired) electrons. The van der Waals surface area contributed by atoms with Crippen LogP contribution in [0.15, 0.2) is 48.5 Å². The predicted octanol–water partition coefficient (Wildman–Crippen LogP) is 2.88. The van der Waals surface area contributed by atoms with Crippen molar-refractivity contribution in [1.29, 1.82) is 0 Å². The summed E-state index contributed by atoms with van der Waals surface area (Å²) in [6.07, 6.45) is 0. The first kappa shape index (κ1) is 17.7. The number of hydrogen-bond donors (Lipinski definition) is 2. The highest BCUT2D eigenvalue weighted by Gasteiger charge is 2.08. The standard InChI is InChI=1S/C19H23N3O2/c1-3-22(4-2)13-14-5-7-16(8-6-14)19(24)21-17-11-9-15(10-12-17)18(20)23/h5-12H,3-4,13H2,1-2H3,(H2,20,23)(H,21,24). The molecule has 0 aliphatic rings. The van der Waals surface area contributed by atoms with Gasteiger partial charge in [0, 0.05) is 23.4 Å². The van der Waals surface area contributed by atoms with Crippen LogP contribution in [-0.2, 0) is 6.54 Å². The fourth-order valence-corrected chi connectivity index (χ4v) is 2.39. The van der Waals surface area contributed by atoms with Crippen molar-refractivity contribution in [3.8, 4) is 0 Å². The zero-order valence-electron chi connectivity index (χ0n) is 14.1. The summed E-state index contributed by atoms with van der Waals surface area (Å²) >= 11 is 0. The smallest absolute Gasteiger partial charge is 0.255 e. The Labute approximate surface area is 142 Å². The predicted molar refractivity (Wildman–Crippen MR) is 96.0 cm³/mol. The van der Waals surface area contributed by atoms with Gasteiger partial charge in [-0.25, -0.2) is 0 Å². The van der Waals surface area contributed by atoms with Crippen molar-refractivity contribution in [2.75, 3.05) is 18.4 Å². The van der Waals surface area contributed by atoms with Crippen molar-refractivity contribution >= 4 is 17.5 Å². The molecule has 0 bridgehead atoms. The van der Waals surface area contributed by atoms with E-state index in [0.29, 0.717) is 16.8 Å². The van der Waals surface area contributed by atoms with Crippen molar-refractivity contribution in [3.63, 3.8) is 0 Å². The van der Waals surface area contributed by atoms with Crippen LogP contribution in [-0.4, -0.2) is 29.8 Å². The van der Waals surface area contributed by atoms with E-state index >= 15 is 0 Å². The summed E-state index contributed by atoms with van der Waals surface area (Å²) in [5.41, 5.74) is 8.00. The first-order valence-corrected chi connectivity index (χ1v) is 8.06. The summed E-state index contributed by atoms with van der Waals surface area (Å²) in [5.74, 6) is -0.673. The average Bonchev–Trinajstić information content (AvgIpc) is 2.60. The van der Waals surface area contributed by atoms with Gasteiger partial charge >= 0.3 is 0 Å². The van der Waals surface area contributed by atoms with Gasteiger partial charge in [-0.15, -0.1) is 0 Å².